The van der Waals surface area contributed by atoms with Crippen LogP contribution in [0.4, 0.5) is 0 Å². The number of fused-ring (bicyclic) bond motifs is 1. The first-order chi connectivity index (χ1) is 9.15. The van der Waals surface area contributed by atoms with Crippen LogP contribution in [0.2, 0.25) is 0 Å². The number of amides is 1. The van der Waals surface area contributed by atoms with Crippen LogP contribution >= 0.6 is 0 Å². The van der Waals surface area contributed by atoms with Crippen LogP contribution in [0.1, 0.15) is 24.5 Å². The normalized spacial score (nSPS) is 17.0. The molecule has 0 bridgehead atoms. The van der Waals surface area contributed by atoms with Gasteiger partial charge in [-0.25, -0.2) is 0 Å². The average Bonchev–Trinajstić information content (AvgIpc) is 2.87. The molecule has 0 radical (unpaired) electrons. The van der Waals surface area contributed by atoms with Gasteiger partial charge in [0.1, 0.15) is 0 Å². The Hall–Kier alpha value is -2.04. The number of oxime groups is 1. The molecule has 1 unspecified atom stereocenters. The second-order valence-electron chi connectivity index (χ2n) is 4.87. The Morgan fingerprint density at radius 3 is 2.53 bits per heavy atom. The Morgan fingerprint density at radius 2 is 2.05 bits per heavy atom. The minimum atomic E-state index is -0.402. The Bertz CT molecular complexity index is 474. The summed E-state index contributed by atoms with van der Waals surface area (Å²) in [7, 11) is 0. The molecule has 1 aromatic carbocycles. The van der Waals surface area contributed by atoms with Gasteiger partial charge < -0.3 is 16.3 Å². The average molecular weight is 261 g/mol. The molecule has 102 valence electrons. The molecule has 5 heteroatoms. The molecule has 1 atom stereocenters. The predicted molar refractivity (Wildman–Crippen MR) is 73.0 cm³/mol. The first-order valence-corrected chi connectivity index (χ1v) is 6.50. The number of amidine groups is 1. The second kappa shape index (κ2) is 5.73. The zero-order valence-corrected chi connectivity index (χ0v) is 11.0. The number of rotatable bonds is 4. The number of benzene rings is 1. The van der Waals surface area contributed by atoms with Crippen molar-refractivity contribution in [3.63, 3.8) is 0 Å². The largest absolute Gasteiger partial charge is 0.409 e. The molecule has 1 aliphatic rings. The van der Waals surface area contributed by atoms with Crippen LogP contribution < -0.4 is 11.1 Å². The number of hydrogen-bond acceptors (Lipinski definition) is 3. The molecule has 1 aromatic rings. The van der Waals surface area contributed by atoms with Gasteiger partial charge in [-0.05, 0) is 30.4 Å². The van der Waals surface area contributed by atoms with Crippen molar-refractivity contribution >= 4 is 11.7 Å². The van der Waals surface area contributed by atoms with E-state index in [1.807, 2.05) is 19.1 Å². The molecular weight excluding hydrogens is 242 g/mol. The third-order valence-corrected chi connectivity index (χ3v) is 3.62. The topological polar surface area (TPSA) is 87.7 Å². The lowest BCUT2D eigenvalue weighted by Crippen LogP contribution is -2.46. The third kappa shape index (κ3) is 2.86. The summed E-state index contributed by atoms with van der Waals surface area (Å²) in [6.07, 6.45) is 2.12. The molecule has 19 heavy (non-hydrogen) atoms. The first kappa shape index (κ1) is 13.4. The van der Waals surface area contributed by atoms with Crippen molar-refractivity contribution in [2.45, 2.75) is 32.2 Å². The van der Waals surface area contributed by atoms with Gasteiger partial charge in [-0.2, -0.15) is 0 Å². The number of carbonyl (C=O) groups is 1. The van der Waals surface area contributed by atoms with Gasteiger partial charge in [0.2, 0.25) is 5.91 Å². The Balaban J connectivity index is 1.99. The highest BCUT2D eigenvalue weighted by molar-refractivity contribution is 5.90. The zero-order chi connectivity index (χ0) is 13.8. The van der Waals surface area contributed by atoms with Gasteiger partial charge in [0.25, 0.3) is 0 Å². The molecule has 4 N–H and O–H groups in total. The fourth-order valence-corrected chi connectivity index (χ4v) is 2.49. The van der Waals surface area contributed by atoms with Gasteiger partial charge in [0.15, 0.2) is 5.84 Å². The molecule has 2 rings (SSSR count). The number of nitrogens with one attached hydrogen (secondary N) is 1. The fraction of sp³-hybridized carbons (Fsp3) is 0.429. The monoisotopic (exact) mass is 261 g/mol. The minimum absolute atomic E-state index is 0.0327. The highest BCUT2D eigenvalue weighted by atomic mass is 16.4. The van der Waals surface area contributed by atoms with E-state index in [4.69, 9.17) is 10.9 Å². The van der Waals surface area contributed by atoms with E-state index in [2.05, 4.69) is 22.6 Å². The fourth-order valence-electron chi connectivity index (χ4n) is 2.49. The summed E-state index contributed by atoms with van der Waals surface area (Å²) in [5.74, 6) is -0.0426. The molecule has 0 aliphatic heterocycles. The number of nitrogens with zero attached hydrogens (tertiary/aromatic N) is 1. The van der Waals surface area contributed by atoms with E-state index < -0.39 is 6.04 Å². The Morgan fingerprint density at radius 1 is 1.47 bits per heavy atom. The van der Waals surface area contributed by atoms with Crippen LogP contribution in [-0.2, 0) is 17.6 Å². The standard InChI is InChI=1S/C14H19N3O2/c1-2-12(13(15)17-19)16-14(18)11-7-9-5-3-4-6-10(9)8-11/h3-6,11-12,19H,2,7-8H2,1H3,(H2,15,17)(H,16,18). The predicted octanol–water partition coefficient (Wildman–Crippen LogP) is 1.04. The SMILES string of the molecule is CCC(NC(=O)C1Cc2ccccc2C1)/C(N)=N/O. The molecule has 0 fully saturated rings. The summed E-state index contributed by atoms with van der Waals surface area (Å²) in [4.78, 5) is 12.2. The molecule has 5 nitrogen and oxygen atoms in total. The highest BCUT2D eigenvalue weighted by Crippen LogP contribution is 2.26. The van der Waals surface area contributed by atoms with Crippen molar-refractivity contribution < 1.29 is 10.0 Å². The van der Waals surface area contributed by atoms with E-state index in [1.54, 1.807) is 0 Å². The van der Waals surface area contributed by atoms with Crippen LogP contribution in [-0.4, -0.2) is 23.0 Å². The van der Waals surface area contributed by atoms with E-state index in [0.717, 1.165) is 12.8 Å². The van der Waals surface area contributed by atoms with Crippen molar-refractivity contribution in [2.24, 2.45) is 16.8 Å². The van der Waals surface area contributed by atoms with Crippen LogP contribution in [0.25, 0.3) is 0 Å². The maximum atomic E-state index is 12.2. The third-order valence-electron chi connectivity index (χ3n) is 3.62. The lowest BCUT2D eigenvalue weighted by molar-refractivity contribution is -0.125. The van der Waals surface area contributed by atoms with Crippen LogP contribution in [0.15, 0.2) is 29.4 Å². The Labute approximate surface area is 112 Å². The van der Waals surface area contributed by atoms with Gasteiger partial charge in [-0.15, -0.1) is 0 Å². The minimum Gasteiger partial charge on any atom is -0.409 e. The molecule has 0 saturated carbocycles. The summed E-state index contributed by atoms with van der Waals surface area (Å²) in [6.45, 7) is 1.88. The zero-order valence-electron chi connectivity index (χ0n) is 11.0. The van der Waals surface area contributed by atoms with Crippen molar-refractivity contribution in [1.29, 1.82) is 0 Å². The van der Waals surface area contributed by atoms with Gasteiger partial charge in [-0.1, -0.05) is 36.3 Å². The van der Waals surface area contributed by atoms with Crippen molar-refractivity contribution in [3.8, 4) is 0 Å². The quantitative estimate of drug-likeness (QED) is 0.327. The molecule has 1 aliphatic carbocycles. The maximum absolute atomic E-state index is 12.2. The van der Waals surface area contributed by atoms with Crippen molar-refractivity contribution in [1.82, 2.24) is 5.32 Å². The van der Waals surface area contributed by atoms with Gasteiger partial charge in [0.05, 0.1) is 6.04 Å². The van der Waals surface area contributed by atoms with Crippen LogP contribution in [0.3, 0.4) is 0 Å². The lowest BCUT2D eigenvalue weighted by atomic mass is 10.0. The molecule has 0 spiro atoms. The summed E-state index contributed by atoms with van der Waals surface area (Å²) < 4.78 is 0. The Kier molecular flexibility index (Phi) is 4.04. The van der Waals surface area contributed by atoms with Crippen molar-refractivity contribution in [2.75, 3.05) is 0 Å². The molecule has 0 aromatic heterocycles. The number of hydrogen-bond donors (Lipinski definition) is 3. The first-order valence-electron chi connectivity index (χ1n) is 6.50. The van der Waals surface area contributed by atoms with E-state index in [-0.39, 0.29) is 17.7 Å². The van der Waals surface area contributed by atoms with Gasteiger partial charge >= 0.3 is 0 Å². The van der Waals surface area contributed by atoms with Gasteiger partial charge in [-0.3, -0.25) is 4.79 Å². The van der Waals surface area contributed by atoms with E-state index >= 15 is 0 Å². The highest BCUT2D eigenvalue weighted by Gasteiger charge is 2.28. The molecule has 0 heterocycles. The summed E-state index contributed by atoms with van der Waals surface area (Å²) >= 11 is 0. The van der Waals surface area contributed by atoms with Gasteiger partial charge in [0, 0.05) is 5.92 Å². The smallest absolute Gasteiger partial charge is 0.224 e. The van der Waals surface area contributed by atoms with Crippen molar-refractivity contribution in [3.05, 3.63) is 35.4 Å². The molecular formula is C14H19N3O2. The van der Waals surface area contributed by atoms with E-state index in [0.29, 0.717) is 6.42 Å². The van der Waals surface area contributed by atoms with Crippen LogP contribution in [0, 0.1) is 5.92 Å². The lowest BCUT2D eigenvalue weighted by Gasteiger charge is -2.18. The summed E-state index contributed by atoms with van der Waals surface area (Å²) in [5.41, 5.74) is 8.02. The summed E-state index contributed by atoms with van der Waals surface area (Å²) in [5, 5.41) is 14.5. The second-order valence-corrected chi connectivity index (χ2v) is 4.87. The van der Waals surface area contributed by atoms with E-state index in [9.17, 15) is 4.79 Å². The maximum Gasteiger partial charge on any atom is 0.224 e. The molecule has 0 saturated heterocycles. The number of carbonyl (C=O) groups excluding carboxylic acids is 1. The van der Waals surface area contributed by atoms with E-state index in [1.165, 1.54) is 11.1 Å². The molecule has 1 amide bonds. The van der Waals surface area contributed by atoms with Crippen LogP contribution in [0.5, 0.6) is 0 Å². The number of nitrogens with two attached hydrogens (primary N) is 1. The summed E-state index contributed by atoms with van der Waals surface area (Å²) in [6, 6.07) is 7.70.